The zero-order valence-electron chi connectivity index (χ0n) is 27.6. The third-order valence-electron chi connectivity index (χ3n) is 10.2. The van der Waals surface area contributed by atoms with E-state index in [-0.39, 0.29) is 18.1 Å². The quantitative estimate of drug-likeness (QED) is 0.185. The zero-order chi connectivity index (χ0) is 32.8. The summed E-state index contributed by atoms with van der Waals surface area (Å²) >= 11 is 0. The molecule has 2 aliphatic rings. The number of carbonyl (C=O) groups is 1. The maximum absolute atomic E-state index is 14.2. The molecular formula is C38H46N2O5S. The largest absolute Gasteiger partial charge is 0.493 e. The first kappa shape index (κ1) is 32.3. The number of benzene rings is 3. The topological polar surface area (TPSA) is 88.8 Å². The van der Waals surface area contributed by atoms with Crippen LogP contribution in [0.5, 0.6) is 5.75 Å². The number of Topliss-reactive ketones (excluding diaryl/α,β-unsaturated/α-hetero) is 1. The Kier molecular flexibility index (Phi) is 8.81. The van der Waals surface area contributed by atoms with E-state index in [1.54, 1.807) is 27.0 Å². The summed E-state index contributed by atoms with van der Waals surface area (Å²) in [6, 6.07) is 20.0. The van der Waals surface area contributed by atoms with Crippen molar-refractivity contribution >= 4 is 32.4 Å². The first-order valence-corrected chi connectivity index (χ1v) is 18.0. The molecule has 4 aromatic rings. The average Bonchev–Trinajstić information content (AvgIpc) is 3.36. The van der Waals surface area contributed by atoms with E-state index >= 15 is 0 Å². The summed E-state index contributed by atoms with van der Waals surface area (Å²) in [5.74, 6) is 0.851. The van der Waals surface area contributed by atoms with Crippen LogP contribution in [0.1, 0.15) is 85.0 Å². The van der Waals surface area contributed by atoms with E-state index in [1.807, 2.05) is 47.2 Å². The molecule has 0 spiro atoms. The van der Waals surface area contributed by atoms with Gasteiger partial charge in [-0.2, -0.15) is 0 Å². The minimum absolute atomic E-state index is 0.0888. The van der Waals surface area contributed by atoms with Gasteiger partial charge in [0.05, 0.1) is 23.9 Å². The standard InChI is InChI=1S/C38H46N2O5S/c1-6-27-23-40-24-38(3,4)46(43,44)39(5)33-21-30(20-32(27)37(33)40)35(42)22-29(19-26-10-8-7-9-11-26)34(41)15-13-28-16-17-45-36-18-25(2)12-14-31(28)36/h7-12,14,18,20-21,23,28-29,34,41H,6,13,15-17,19,22,24H2,1-5H3/t28-,29-,34-/m1/s1. The van der Waals surface area contributed by atoms with Crippen molar-refractivity contribution in [3.63, 3.8) is 0 Å². The molecule has 8 heteroatoms. The summed E-state index contributed by atoms with van der Waals surface area (Å²) in [5, 5.41) is 12.6. The van der Waals surface area contributed by atoms with Crippen molar-refractivity contribution < 1.29 is 23.1 Å². The number of fused-ring (bicyclic) bond motifs is 1. The number of hydrogen-bond donors (Lipinski definition) is 1. The number of ketones is 1. The molecule has 0 aliphatic carbocycles. The van der Waals surface area contributed by atoms with Crippen LogP contribution >= 0.6 is 0 Å². The Morgan fingerprint density at radius 1 is 1.11 bits per heavy atom. The molecule has 0 saturated heterocycles. The molecule has 0 radical (unpaired) electrons. The number of aliphatic hydroxyl groups is 1. The van der Waals surface area contributed by atoms with E-state index in [9.17, 15) is 18.3 Å². The molecule has 1 aromatic heterocycles. The van der Waals surface area contributed by atoms with Crippen LogP contribution in [0.4, 0.5) is 5.69 Å². The Hall–Kier alpha value is -3.62. The van der Waals surface area contributed by atoms with Gasteiger partial charge in [-0.15, -0.1) is 0 Å². The third kappa shape index (κ3) is 5.97. The lowest BCUT2D eigenvalue weighted by atomic mass is 9.82. The summed E-state index contributed by atoms with van der Waals surface area (Å²) < 4.78 is 35.6. The zero-order valence-corrected chi connectivity index (χ0v) is 28.4. The molecule has 7 nitrogen and oxygen atoms in total. The molecule has 1 N–H and O–H groups in total. The van der Waals surface area contributed by atoms with Crippen LogP contribution in [-0.4, -0.2) is 48.4 Å². The van der Waals surface area contributed by atoms with E-state index in [0.717, 1.165) is 47.0 Å². The van der Waals surface area contributed by atoms with E-state index in [1.165, 1.54) is 15.4 Å². The molecule has 0 fully saturated rings. The molecule has 6 rings (SSSR count). The summed E-state index contributed by atoms with van der Waals surface area (Å²) in [4.78, 5) is 14.2. The lowest BCUT2D eigenvalue weighted by molar-refractivity contribution is 0.0730. The van der Waals surface area contributed by atoms with Gasteiger partial charge in [0.15, 0.2) is 5.78 Å². The van der Waals surface area contributed by atoms with Gasteiger partial charge >= 0.3 is 0 Å². The summed E-state index contributed by atoms with van der Waals surface area (Å²) in [6.45, 7) is 8.64. The highest BCUT2D eigenvalue weighted by Gasteiger charge is 2.42. The number of hydrogen-bond acceptors (Lipinski definition) is 5. The minimum Gasteiger partial charge on any atom is -0.493 e. The Bertz CT molecular complexity index is 1860. The van der Waals surface area contributed by atoms with E-state index < -0.39 is 20.9 Å². The maximum atomic E-state index is 14.2. The van der Waals surface area contributed by atoms with Crippen LogP contribution < -0.4 is 9.04 Å². The fourth-order valence-corrected chi connectivity index (χ4v) is 8.82. The number of rotatable bonds is 10. The molecule has 0 unspecified atom stereocenters. The van der Waals surface area contributed by atoms with Crippen molar-refractivity contribution in [3.05, 3.63) is 94.7 Å². The molecule has 3 atom stereocenters. The van der Waals surface area contributed by atoms with Crippen molar-refractivity contribution in [1.29, 1.82) is 0 Å². The predicted molar refractivity (Wildman–Crippen MR) is 185 cm³/mol. The number of aryl methyl sites for hydroxylation is 2. The van der Waals surface area contributed by atoms with Crippen molar-refractivity contribution in [2.45, 2.75) is 89.5 Å². The SMILES string of the molecule is CCc1cn2c3c(cc(C(=O)C[C@@H](Cc4ccccc4)[C@H](O)CC[C@@H]4CCOc5cc(C)ccc54)cc13)N(C)S(=O)(=O)C(C)(C)C2. The number of carbonyl (C=O) groups excluding carboxylic acids is 1. The number of aromatic nitrogens is 1. The van der Waals surface area contributed by atoms with Gasteiger partial charge in [0.25, 0.3) is 0 Å². The highest BCUT2D eigenvalue weighted by molar-refractivity contribution is 7.94. The Balaban J connectivity index is 1.30. The molecular weight excluding hydrogens is 596 g/mol. The van der Waals surface area contributed by atoms with Crippen LogP contribution in [0, 0.1) is 12.8 Å². The maximum Gasteiger partial charge on any atom is 0.241 e. The van der Waals surface area contributed by atoms with E-state index in [0.29, 0.717) is 43.2 Å². The lowest BCUT2D eigenvalue weighted by Crippen LogP contribution is -2.44. The molecule has 2 aliphatic heterocycles. The highest BCUT2D eigenvalue weighted by Crippen LogP contribution is 2.41. The molecule has 3 heterocycles. The van der Waals surface area contributed by atoms with Crippen LogP contribution in [0.15, 0.2) is 66.9 Å². The highest BCUT2D eigenvalue weighted by atomic mass is 32.2. The van der Waals surface area contributed by atoms with Gasteiger partial charge in [-0.25, -0.2) is 8.42 Å². The summed E-state index contributed by atoms with van der Waals surface area (Å²) in [6.07, 6.45) is 5.15. The van der Waals surface area contributed by atoms with Crippen molar-refractivity contribution in [2.75, 3.05) is 18.0 Å². The van der Waals surface area contributed by atoms with Crippen LogP contribution in [0.3, 0.4) is 0 Å². The Morgan fingerprint density at radius 3 is 2.61 bits per heavy atom. The third-order valence-corrected chi connectivity index (χ3v) is 12.6. The number of anilines is 1. The van der Waals surface area contributed by atoms with E-state index in [2.05, 4.69) is 32.0 Å². The Labute approximate surface area is 273 Å². The fraction of sp³-hybridized carbons (Fsp3) is 0.447. The monoisotopic (exact) mass is 642 g/mol. The number of aliphatic hydroxyl groups excluding tert-OH is 1. The van der Waals surface area contributed by atoms with Gasteiger partial charge in [0, 0.05) is 37.2 Å². The second kappa shape index (κ2) is 12.5. The average molecular weight is 643 g/mol. The predicted octanol–water partition coefficient (Wildman–Crippen LogP) is 7.21. The first-order valence-electron chi connectivity index (χ1n) is 16.5. The molecule has 0 saturated carbocycles. The van der Waals surface area contributed by atoms with Gasteiger partial charge in [0.1, 0.15) is 10.5 Å². The summed E-state index contributed by atoms with van der Waals surface area (Å²) in [7, 11) is -2.10. The molecule has 0 bridgehead atoms. The van der Waals surface area contributed by atoms with Gasteiger partial charge in [0.2, 0.25) is 10.0 Å². The molecule has 3 aromatic carbocycles. The number of nitrogens with zero attached hydrogens (tertiary/aromatic N) is 2. The van der Waals surface area contributed by atoms with E-state index in [4.69, 9.17) is 4.74 Å². The Morgan fingerprint density at radius 2 is 1.87 bits per heavy atom. The van der Waals surface area contributed by atoms with Gasteiger partial charge in [-0.05, 0) is 105 Å². The van der Waals surface area contributed by atoms with Gasteiger partial charge in [-0.3, -0.25) is 9.10 Å². The lowest BCUT2D eigenvalue weighted by Gasteiger charge is -2.29. The van der Waals surface area contributed by atoms with Crippen LogP contribution in [0.2, 0.25) is 0 Å². The van der Waals surface area contributed by atoms with Crippen LogP contribution in [-0.2, 0) is 29.4 Å². The number of sulfonamides is 1. The van der Waals surface area contributed by atoms with Crippen LogP contribution in [0.25, 0.3) is 10.9 Å². The van der Waals surface area contributed by atoms with Gasteiger partial charge in [-0.1, -0.05) is 49.4 Å². The fourth-order valence-electron chi connectivity index (χ4n) is 7.38. The van der Waals surface area contributed by atoms with Gasteiger partial charge < -0.3 is 14.4 Å². The van der Waals surface area contributed by atoms with Crippen molar-refractivity contribution in [2.24, 2.45) is 5.92 Å². The van der Waals surface area contributed by atoms with Crippen molar-refractivity contribution in [3.8, 4) is 5.75 Å². The smallest absolute Gasteiger partial charge is 0.241 e. The molecule has 46 heavy (non-hydrogen) atoms. The molecule has 244 valence electrons. The van der Waals surface area contributed by atoms with Crippen molar-refractivity contribution in [1.82, 2.24) is 4.57 Å². The normalized spacial score (nSPS) is 19.6. The molecule has 0 amide bonds. The second-order valence-corrected chi connectivity index (χ2v) is 16.5. The summed E-state index contributed by atoms with van der Waals surface area (Å²) in [5.41, 5.74) is 6.37. The minimum atomic E-state index is -3.69. The second-order valence-electron chi connectivity index (χ2n) is 13.9. The number of ether oxygens (including phenoxy) is 1. The first-order chi connectivity index (χ1) is 21.9.